The van der Waals surface area contributed by atoms with Gasteiger partial charge in [0.15, 0.2) is 0 Å². The quantitative estimate of drug-likeness (QED) is 0.625. The van der Waals surface area contributed by atoms with E-state index < -0.39 is 0 Å². The first-order valence-electron chi connectivity index (χ1n) is 6.02. The fourth-order valence-electron chi connectivity index (χ4n) is 1.75. The molecule has 0 aromatic carbocycles. The number of aromatic nitrogens is 1. The molecule has 2 rings (SSSR count). The Hall–Kier alpha value is -0.950. The Morgan fingerprint density at radius 3 is 2.89 bits per heavy atom. The van der Waals surface area contributed by atoms with Crippen molar-refractivity contribution in [3.8, 4) is 5.75 Å². The molecule has 0 amide bonds. The van der Waals surface area contributed by atoms with Gasteiger partial charge in [0.1, 0.15) is 5.75 Å². The first-order valence-corrected chi connectivity index (χ1v) is 7.69. The standard InChI is InChI=1S/C13H16BrN3OS/c1-2-3-18-11-4-9(6-16-7-11)13(17-15)10-5-12(14)19-8-10/h4-8,13,17H,2-3,15H2,1H3. The van der Waals surface area contributed by atoms with Crippen LogP contribution < -0.4 is 16.0 Å². The highest BCUT2D eigenvalue weighted by atomic mass is 79.9. The van der Waals surface area contributed by atoms with Crippen molar-refractivity contribution >= 4 is 27.3 Å². The van der Waals surface area contributed by atoms with Crippen molar-refractivity contribution in [2.75, 3.05) is 6.61 Å². The molecule has 2 aromatic rings. The maximum atomic E-state index is 5.67. The Balaban J connectivity index is 2.23. The topological polar surface area (TPSA) is 60.2 Å². The van der Waals surface area contributed by atoms with Crippen molar-refractivity contribution in [2.24, 2.45) is 5.84 Å². The molecule has 3 N–H and O–H groups in total. The molecule has 19 heavy (non-hydrogen) atoms. The summed E-state index contributed by atoms with van der Waals surface area (Å²) in [5, 5.41) is 2.06. The second kappa shape index (κ2) is 7.00. The summed E-state index contributed by atoms with van der Waals surface area (Å²) >= 11 is 5.09. The summed E-state index contributed by atoms with van der Waals surface area (Å²) < 4.78 is 6.67. The van der Waals surface area contributed by atoms with Crippen molar-refractivity contribution in [3.63, 3.8) is 0 Å². The zero-order valence-corrected chi connectivity index (χ0v) is 13.0. The number of nitrogens with one attached hydrogen (secondary N) is 1. The van der Waals surface area contributed by atoms with E-state index in [4.69, 9.17) is 10.6 Å². The predicted octanol–water partition coefficient (Wildman–Crippen LogP) is 3.25. The number of hydrogen-bond donors (Lipinski definition) is 2. The minimum absolute atomic E-state index is 0.0831. The summed E-state index contributed by atoms with van der Waals surface area (Å²) in [4.78, 5) is 4.21. The van der Waals surface area contributed by atoms with Gasteiger partial charge >= 0.3 is 0 Å². The van der Waals surface area contributed by atoms with Gasteiger partial charge in [-0.25, -0.2) is 5.43 Å². The van der Waals surface area contributed by atoms with Crippen LogP contribution >= 0.6 is 27.3 Å². The predicted molar refractivity (Wildman–Crippen MR) is 81.2 cm³/mol. The smallest absolute Gasteiger partial charge is 0.137 e. The van der Waals surface area contributed by atoms with Crippen LogP contribution in [0.4, 0.5) is 0 Å². The number of ether oxygens (including phenoxy) is 1. The molecule has 1 unspecified atom stereocenters. The Morgan fingerprint density at radius 2 is 2.26 bits per heavy atom. The lowest BCUT2D eigenvalue weighted by atomic mass is 10.0. The molecular formula is C13H16BrN3OS. The number of rotatable bonds is 6. The lowest BCUT2D eigenvalue weighted by Crippen LogP contribution is -2.28. The Kier molecular flexibility index (Phi) is 5.33. The lowest BCUT2D eigenvalue weighted by Gasteiger charge is -2.15. The fraction of sp³-hybridized carbons (Fsp3) is 0.308. The van der Waals surface area contributed by atoms with Crippen LogP contribution in [-0.4, -0.2) is 11.6 Å². The minimum Gasteiger partial charge on any atom is -0.492 e. The van der Waals surface area contributed by atoms with E-state index in [1.807, 2.05) is 6.07 Å². The van der Waals surface area contributed by atoms with E-state index in [1.165, 1.54) is 0 Å². The molecule has 2 heterocycles. The van der Waals surface area contributed by atoms with Crippen molar-refractivity contribution in [3.05, 3.63) is 44.8 Å². The largest absolute Gasteiger partial charge is 0.492 e. The maximum absolute atomic E-state index is 5.67. The van der Waals surface area contributed by atoms with Crippen LogP contribution in [0.2, 0.25) is 0 Å². The SMILES string of the molecule is CCCOc1cncc(C(NN)c2csc(Br)c2)c1. The number of nitrogens with zero attached hydrogens (tertiary/aromatic N) is 1. The molecule has 0 radical (unpaired) electrons. The molecular weight excluding hydrogens is 326 g/mol. The summed E-state index contributed by atoms with van der Waals surface area (Å²) in [6, 6.07) is 3.94. The van der Waals surface area contributed by atoms with Gasteiger partial charge in [-0.15, -0.1) is 11.3 Å². The van der Waals surface area contributed by atoms with Gasteiger partial charge in [-0.2, -0.15) is 0 Å². The highest BCUT2D eigenvalue weighted by Crippen LogP contribution is 2.29. The summed E-state index contributed by atoms with van der Waals surface area (Å²) in [6.45, 7) is 2.76. The fourth-order valence-corrected chi connectivity index (χ4v) is 2.95. The molecule has 102 valence electrons. The first kappa shape index (κ1) is 14.5. The molecule has 0 aliphatic heterocycles. The van der Waals surface area contributed by atoms with Gasteiger partial charge in [-0.1, -0.05) is 6.92 Å². The average Bonchev–Trinajstić information content (AvgIpc) is 2.84. The first-order chi connectivity index (χ1) is 9.24. The Labute approximate surface area is 125 Å². The third-order valence-electron chi connectivity index (χ3n) is 2.63. The van der Waals surface area contributed by atoms with E-state index in [2.05, 4.69) is 44.7 Å². The Morgan fingerprint density at radius 1 is 1.42 bits per heavy atom. The molecule has 0 spiro atoms. The van der Waals surface area contributed by atoms with E-state index >= 15 is 0 Å². The van der Waals surface area contributed by atoms with Crippen LogP contribution in [0.3, 0.4) is 0 Å². The van der Waals surface area contributed by atoms with Gasteiger partial charge in [0.05, 0.1) is 22.6 Å². The molecule has 0 aliphatic carbocycles. The second-order valence-electron chi connectivity index (χ2n) is 4.09. The number of hydrazine groups is 1. The van der Waals surface area contributed by atoms with E-state index in [9.17, 15) is 0 Å². The normalized spacial score (nSPS) is 12.4. The second-order valence-corrected chi connectivity index (χ2v) is 6.38. The lowest BCUT2D eigenvalue weighted by molar-refractivity contribution is 0.315. The van der Waals surface area contributed by atoms with Gasteiger partial charge in [0, 0.05) is 6.20 Å². The summed E-state index contributed by atoms with van der Waals surface area (Å²) in [5.74, 6) is 6.44. The van der Waals surface area contributed by atoms with Crippen LogP contribution in [0, 0.1) is 0 Å². The van der Waals surface area contributed by atoms with E-state index in [0.29, 0.717) is 6.61 Å². The number of thiophene rings is 1. The molecule has 0 bridgehead atoms. The van der Waals surface area contributed by atoms with Crippen molar-refractivity contribution in [1.29, 1.82) is 0 Å². The highest BCUT2D eigenvalue weighted by Gasteiger charge is 2.15. The van der Waals surface area contributed by atoms with Gasteiger partial charge in [0.2, 0.25) is 0 Å². The van der Waals surface area contributed by atoms with Crippen molar-refractivity contribution in [2.45, 2.75) is 19.4 Å². The molecule has 0 aliphatic rings. The zero-order chi connectivity index (χ0) is 13.7. The van der Waals surface area contributed by atoms with Crippen LogP contribution in [0.25, 0.3) is 0 Å². The molecule has 1 atom stereocenters. The highest BCUT2D eigenvalue weighted by molar-refractivity contribution is 9.11. The zero-order valence-electron chi connectivity index (χ0n) is 10.6. The Bertz CT molecular complexity index is 532. The molecule has 2 aromatic heterocycles. The van der Waals surface area contributed by atoms with Crippen LogP contribution in [-0.2, 0) is 0 Å². The molecule has 0 saturated carbocycles. The van der Waals surface area contributed by atoms with Crippen LogP contribution in [0.15, 0.2) is 33.7 Å². The average molecular weight is 342 g/mol. The summed E-state index contributed by atoms with van der Waals surface area (Å²) in [7, 11) is 0. The monoisotopic (exact) mass is 341 g/mol. The van der Waals surface area contributed by atoms with E-state index in [1.54, 1.807) is 23.7 Å². The van der Waals surface area contributed by atoms with Crippen LogP contribution in [0.5, 0.6) is 5.75 Å². The number of halogens is 1. The number of pyridine rings is 1. The van der Waals surface area contributed by atoms with Crippen molar-refractivity contribution < 1.29 is 4.74 Å². The number of hydrogen-bond acceptors (Lipinski definition) is 5. The van der Waals surface area contributed by atoms with Gasteiger partial charge in [-0.3, -0.25) is 10.8 Å². The molecule has 0 saturated heterocycles. The van der Waals surface area contributed by atoms with Crippen molar-refractivity contribution in [1.82, 2.24) is 10.4 Å². The van der Waals surface area contributed by atoms with Gasteiger partial charge < -0.3 is 4.74 Å². The molecule has 4 nitrogen and oxygen atoms in total. The summed E-state index contributed by atoms with van der Waals surface area (Å²) in [6.07, 6.45) is 4.49. The van der Waals surface area contributed by atoms with Gasteiger partial charge in [-0.05, 0) is 51.0 Å². The third-order valence-corrected chi connectivity index (χ3v) is 4.15. The van der Waals surface area contributed by atoms with Gasteiger partial charge in [0.25, 0.3) is 0 Å². The molecule has 0 fully saturated rings. The number of nitrogens with two attached hydrogens (primary N) is 1. The van der Waals surface area contributed by atoms with E-state index in [0.717, 1.165) is 27.1 Å². The van der Waals surface area contributed by atoms with E-state index in [-0.39, 0.29) is 6.04 Å². The molecule has 6 heteroatoms. The summed E-state index contributed by atoms with van der Waals surface area (Å²) in [5.41, 5.74) is 4.91. The van der Waals surface area contributed by atoms with Crippen LogP contribution in [0.1, 0.15) is 30.5 Å². The maximum Gasteiger partial charge on any atom is 0.137 e. The third kappa shape index (κ3) is 3.76. The minimum atomic E-state index is -0.0831.